The van der Waals surface area contributed by atoms with Crippen molar-refractivity contribution in [1.29, 1.82) is 0 Å². The lowest BCUT2D eigenvalue weighted by Crippen LogP contribution is -2.47. The first-order valence-electron chi connectivity index (χ1n) is 8.75. The van der Waals surface area contributed by atoms with Gasteiger partial charge < -0.3 is 10.1 Å². The second kappa shape index (κ2) is 8.43. The molecule has 3 atom stereocenters. The van der Waals surface area contributed by atoms with Crippen molar-refractivity contribution in [3.05, 3.63) is 29.8 Å². The molecule has 1 aliphatic rings. The van der Waals surface area contributed by atoms with Crippen LogP contribution in [-0.2, 0) is 6.42 Å². The molecule has 21 heavy (non-hydrogen) atoms. The molecule has 118 valence electrons. The number of nitrogens with one attached hydrogen (secondary N) is 1. The molecule has 0 saturated heterocycles. The minimum absolute atomic E-state index is 0.322. The fraction of sp³-hybridized carbons (Fsp3) is 0.684. The minimum atomic E-state index is 0.322. The van der Waals surface area contributed by atoms with Crippen molar-refractivity contribution in [2.75, 3.05) is 6.54 Å². The van der Waals surface area contributed by atoms with E-state index in [1.807, 2.05) is 0 Å². The molecule has 1 aromatic carbocycles. The molecule has 0 aromatic heterocycles. The van der Waals surface area contributed by atoms with Gasteiger partial charge in [0.15, 0.2) is 0 Å². The van der Waals surface area contributed by atoms with Crippen LogP contribution in [-0.4, -0.2) is 18.7 Å². The third-order valence-corrected chi connectivity index (χ3v) is 4.73. The monoisotopic (exact) mass is 289 g/mol. The van der Waals surface area contributed by atoms with Crippen LogP contribution < -0.4 is 10.1 Å². The highest BCUT2D eigenvalue weighted by molar-refractivity contribution is 5.28. The van der Waals surface area contributed by atoms with Crippen molar-refractivity contribution in [2.45, 2.75) is 71.4 Å². The molecule has 0 radical (unpaired) electrons. The van der Waals surface area contributed by atoms with E-state index in [0.717, 1.165) is 24.6 Å². The number of benzene rings is 1. The van der Waals surface area contributed by atoms with Gasteiger partial charge in [-0.15, -0.1) is 0 Å². The summed E-state index contributed by atoms with van der Waals surface area (Å²) in [6.45, 7) is 7.82. The third kappa shape index (κ3) is 4.74. The van der Waals surface area contributed by atoms with Gasteiger partial charge in [0.25, 0.3) is 0 Å². The fourth-order valence-corrected chi connectivity index (χ4v) is 3.29. The van der Waals surface area contributed by atoms with Crippen molar-refractivity contribution in [1.82, 2.24) is 5.32 Å². The van der Waals surface area contributed by atoms with Crippen LogP contribution in [0, 0.1) is 5.92 Å². The topological polar surface area (TPSA) is 21.3 Å². The summed E-state index contributed by atoms with van der Waals surface area (Å²) in [6, 6.07) is 9.11. The van der Waals surface area contributed by atoms with E-state index < -0.39 is 0 Å². The summed E-state index contributed by atoms with van der Waals surface area (Å²) >= 11 is 0. The van der Waals surface area contributed by atoms with Gasteiger partial charge in [-0.1, -0.05) is 39.3 Å². The molecule has 2 nitrogen and oxygen atoms in total. The lowest BCUT2D eigenvalue weighted by Gasteiger charge is -2.36. The maximum absolute atomic E-state index is 6.38. The highest BCUT2D eigenvalue weighted by Gasteiger charge is 2.30. The highest BCUT2D eigenvalue weighted by Crippen LogP contribution is 2.30. The smallest absolute Gasteiger partial charge is 0.120 e. The Kier molecular flexibility index (Phi) is 6.56. The van der Waals surface area contributed by atoms with Crippen LogP contribution in [0.5, 0.6) is 5.75 Å². The Morgan fingerprint density at radius 3 is 2.76 bits per heavy atom. The lowest BCUT2D eigenvalue weighted by molar-refractivity contribution is 0.0849. The van der Waals surface area contributed by atoms with Crippen molar-refractivity contribution in [3.63, 3.8) is 0 Å². The summed E-state index contributed by atoms with van der Waals surface area (Å²) < 4.78 is 6.38. The molecule has 1 aliphatic carbocycles. The molecule has 2 rings (SSSR count). The number of hydrogen-bond donors (Lipinski definition) is 1. The van der Waals surface area contributed by atoms with Crippen molar-refractivity contribution in [2.24, 2.45) is 5.92 Å². The van der Waals surface area contributed by atoms with Gasteiger partial charge in [0, 0.05) is 6.04 Å². The number of hydrogen-bond acceptors (Lipinski definition) is 2. The zero-order valence-electron chi connectivity index (χ0n) is 13.9. The average molecular weight is 289 g/mol. The van der Waals surface area contributed by atoms with Crippen LogP contribution in [0.25, 0.3) is 0 Å². The summed E-state index contributed by atoms with van der Waals surface area (Å²) in [6.07, 6.45) is 7.62. The Morgan fingerprint density at radius 2 is 2.05 bits per heavy atom. The molecule has 0 amide bonds. The number of aryl methyl sites for hydroxylation is 1. The van der Waals surface area contributed by atoms with Crippen LogP contribution in [0.15, 0.2) is 24.3 Å². The van der Waals surface area contributed by atoms with E-state index in [0.29, 0.717) is 12.1 Å². The van der Waals surface area contributed by atoms with E-state index in [1.165, 1.54) is 37.7 Å². The lowest BCUT2D eigenvalue weighted by atomic mass is 9.82. The Labute approximate surface area is 130 Å². The van der Waals surface area contributed by atoms with E-state index >= 15 is 0 Å². The van der Waals surface area contributed by atoms with Crippen molar-refractivity contribution in [3.8, 4) is 5.75 Å². The second-order valence-electron chi connectivity index (χ2n) is 6.31. The Balaban J connectivity index is 2.03. The van der Waals surface area contributed by atoms with Gasteiger partial charge in [-0.05, 0) is 62.3 Å². The summed E-state index contributed by atoms with van der Waals surface area (Å²) in [5.74, 6) is 1.86. The summed E-state index contributed by atoms with van der Waals surface area (Å²) in [4.78, 5) is 0. The zero-order valence-corrected chi connectivity index (χ0v) is 13.9. The fourth-order valence-electron chi connectivity index (χ4n) is 3.29. The van der Waals surface area contributed by atoms with Gasteiger partial charge in [-0.25, -0.2) is 0 Å². The maximum Gasteiger partial charge on any atom is 0.120 e. The first kappa shape index (κ1) is 16.4. The molecule has 0 spiro atoms. The van der Waals surface area contributed by atoms with Gasteiger partial charge in [0.2, 0.25) is 0 Å². The number of ether oxygens (including phenoxy) is 1. The zero-order chi connectivity index (χ0) is 15.1. The van der Waals surface area contributed by atoms with E-state index in [9.17, 15) is 0 Å². The first-order chi connectivity index (χ1) is 10.3. The Hall–Kier alpha value is -1.02. The maximum atomic E-state index is 6.38. The van der Waals surface area contributed by atoms with Gasteiger partial charge in [0.05, 0.1) is 0 Å². The molecule has 0 heterocycles. The molecule has 0 aliphatic heterocycles. The normalized spacial score (nSPS) is 25.8. The molecule has 1 saturated carbocycles. The quantitative estimate of drug-likeness (QED) is 0.793. The van der Waals surface area contributed by atoms with E-state index in [1.54, 1.807) is 0 Å². The standard InChI is InChI=1S/C19H31NO/c1-4-12-20-18-11-10-16(6-3)14-19(18)21-17-9-7-8-15(5-2)13-17/h7-9,13,16,18-20H,4-6,10-12,14H2,1-3H3. The summed E-state index contributed by atoms with van der Waals surface area (Å²) in [7, 11) is 0. The predicted octanol–water partition coefficient (Wildman–Crippen LogP) is 4.57. The third-order valence-electron chi connectivity index (χ3n) is 4.73. The van der Waals surface area contributed by atoms with E-state index in [-0.39, 0.29) is 0 Å². The SMILES string of the molecule is CCCNC1CCC(CC)CC1Oc1cccc(CC)c1. The molecule has 3 unspecified atom stereocenters. The van der Waals surface area contributed by atoms with Crippen LogP contribution in [0.2, 0.25) is 0 Å². The van der Waals surface area contributed by atoms with Crippen LogP contribution >= 0.6 is 0 Å². The predicted molar refractivity (Wildman–Crippen MR) is 89.9 cm³/mol. The van der Waals surface area contributed by atoms with E-state index in [4.69, 9.17) is 4.74 Å². The van der Waals surface area contributed by atoms with Crippen LogP contribution in [0.4, 0.5) is 0 Å². The molecule has 2 heteroatoms. The molecule has 1 aromatic rings. The van der Waals surface area contributed by atoms with E-state index in [2.05, 4.69) is 50.4 Å². The van der Waals surface area contributed by atoms with Crippen LogP contribution in [0.1, 0.15) is 58.4 Å². The van der Waals surface area contributed by atoms with Gasteiger partial charge in [-0.3, -0.25) is 0 Å². The first-order valence-corrected chi connectivity index (χ1v) is 8.75. The highest BCUT2D eigenvalue weighted by atomic mass is 16.5. The molecule has 0 bridgehead atoms. The molecule has 1 fully saturated rings. The van der Waals surface area contributed by atoms with Gasteiger partial charge in [-0.2, -0.15) is 0 Å². The van der Waals surface area contributed by atoms with Crippen molar-refractivity contribution < 1.29 is 4.74 Å². The minimum Gasteiger partial charge on any atom is -0.489 e. The molecular formula is C19H31NO. The molecule has 1 N–H and O–H groups in total. The molecular weight excluding hydrogens is 258 g/mol. The van der Waals surface area contributed by atoms with Gasteiger partial charge >= 0.3 is 0 Å². The Bertz CT molecular complexity index is 418. The summed E-state index contributed by atoms with van der Waals surface area (Å²) in [5, 5.41) is 3.69. The van der Waals surface area contributed by atoms with Crippen LogP contribution in [0.3, 0.4) is 0 Å². The summed E-state index contributed by atoms with van der Waals surface area (Å²) in [5.41, 5.74) is 1.36. The number of rotatable bonds is 7. The average Bonchev–Trinajstić information content (AvgIpc) is 2.53. The van der Waals surface area contributed by atoms with Gasteiger partial charge in [0.1, 0.15) is 11.9 Å². The Morgan fingerprint density at radius 1 is 1.19 bits per heavy atom. The largest absolute Gasteiger partial charge is 0.489 e. The van der Waals surface area contributed by atoms with Crippen molar-refractivity contribution >= 4 is 0 Å². The second-order valence-corrected chi connectivity index (χ2v) is 6.31.